The minimum atomic E-state index is -0.661. The van der Waals surface area contributed by atoms with Gasteiger partial charge in [0.2, 0.25) is 5.91 Å². The molecule has 46 heavy (non-hydrogen) atoms. The molecule has 2 aromatic heterocycles. The first-order valence-electron chi connectivity index (χ1n) is 16.2. The molecule has 5 aromatic rings. The normalized spacial score (nSPS) is 15.4. The maximum atomic E-state index is 13.5. The highest BCUT2D eigenvalue weighted by Gasteiger charge is 2.37. The highest BCUT2D eigenvalue weighted by molar-refractivity contribution is 5.91. The van der Waals surface area contributed by atoms with Gasteiger partial charge in [-0.15, -0.1) is 0 Å². The van der Waals surface area contributed by atoms with Crippen LogP contribution >= 0.6 is 0 Å². The lowest BCUT2D eigenvalue weighted by atomic mass is 9.98. The predicted molar refractivity (Wildman–Crippen MR) is 181 cm³/mol. The van der Waals surface area contributed by atoms with Crippen molar-refractivity contribution in [2.24, 2.45) is 5.92 Å². The molecule has 9 heteroatoms. The Balaban J connectivity index is 1.17. The van der Waals surface area contributed by atoms with Gasteiger partial charge in [0.15, 0.2) is 0 Å². The number of hydrogen-bond acceptors (Lipinski definition) is 5. The van der Waals surface area contributed by atoms with Crippen LogP contribution in [0.5, 0.6) is 0 Å². The van der Waals surface area contributed by atoms with Gasteiger partial charge in [-0.25, -0.2) is 14.8 Å². The average Bonchev–Trinajstić information content (AvgIpc) is 3.86. The summed E-state index contributed by atoms with van der Waals surface area (Å²) in [5.41, 5.74) is 6.44. The van der Waals surface area contributed by atoms with Crippen LogP contribution in [0.1, 0.15) is 64.1 Å². The second-order valence-electron chi connectivity index (χ2n) is 12.4. The Morgan fingerprint density at radius 1 is 0.913 bits per heavy atom. The highest BCUT2D eigenvalue weighted by Crippen LogP contribution is 2.34. The first kappa shape index (κ1) is 31.1. The number of amides is 2. The van der Waals surface area contributed by atoms with Gasteiger partial charge < -0.3 is 24.9 Å². The van der Waals surface area contributed by atoms with Gasteiger partial charge in [0.25, 0.3) is 0 Å². The van der Waals surface area contributed by atoms with Gasteiger partial charge in [-0.2, -0.15) is 0 Å². The second-order valence-corrected chi connectivity index (χ2v) is 12.4. The number of likely N-dealkylation sites (tertiary alicyclic amines) is 1. The summed E-state index contributed by atoms with van der Waals surface area (Å²) in [5.74, 6) is 1.60. The van der Waals surface area contributed by atoms with Gasteiger partial charge in [0.05, 0.1) is 36.9 Å². The third kappa shape index (κ3) is 6.54. The van der Waals surface area contributed by atoms with Gasteiger partial charge in [-0.05, 0) is 64.8 Å². The lowest BCUT2D eigenvalue weighted by Gasteiger charge is -2.30. The molecule has 1 saturated heterocycles. The number of carbonyl (C=O) groups excluding carboxylic acids is 2. The minimum Gasteiger partial charge on any atom is -0.453 e. The van der Waals surface area contributed by atoms with E-state index in [4.69, 9.17) is 9.72 Å². The topological polar surface area (TPSA) is 116 Å². The number of H-pyrrole nitrogens is 2. The Labute approximate surface area is 269 Å². The van der Waals surface area contributed by atoms with Gasteiger partial charge in [-0.1, -0.05) is 75.7 Å². The summed E-state index contributed by atoms with van der Waals surface area (Å²) in [6.45, 7) is 6.64. The summed E-state index contributed by atoms with van der Waals surface area (Å²) >= 11 is 0. The number of rotatable bonds is 10. The first-order chi connectivity index (χ1) is 22.3. The minimum absolute atomic E-state index is 0.0805. The van der Waals surface area contributed by atoms with Crippen molar-refractivity contribution in [3.8, 4) is 33.6 Å². The molecule has 6 rings (SSSR count). The zero-order valence-electron chi connectivity index (χ0n) is 27.0. The van der Waals surface area contributed by atoms with E-state index in [1.54, 1.807) is 0 Å². The second kappa shape index (κ2) is 13.6. The summed E-state index contributed by atoms with van der Waals surface area (Å²) in [6, 6.07) is 20.7. The Hall–Kier alpha value is -4.92. The Morgan fingerprint density at radius 3 is 2.28 bits per heavy atom. The molecule has 0 radical (unpaired) electrons. The lowest BCUT2D eigenvalue weighted by molar-refractivity contribution is -0.135. The summed E-state index contributed by atoms with van der Waals surface area (Å²) in [4.78, 5) is 43.4. The molecule has 2 atom stereocenters. The van der Waals surface area contributed by atoms with E-state index >= 15 is 0 Å². The number of aromatic nitrogens is 4. The van der Waals surface area contributed by atoms with E-state index in [0.717, 1.165) is 88.2 Å². The number of nitrogens with one attached hydrogen (secondary N) is 3. The first-order valence-corrected chi connectivity index (χ1v) is 16.2. The fourth-order valence-corrected chi connectivity index (χ4v) is 6.26. The molecule has 2 amide bonds. The van der Waals surface area contributed by atoms with E-state index in [0.29, 0.717) is 6.54 Å². The standard InChI is InChI=1S/C37H42N6O3/c1-5-6-9-33-38-21-30(40-33)25-12-10-24(11-13-25)26-14-15-28-20-29(17-16-27(28)19-26)31-22-39-35(41-31)32-8-7-18-43(32)36(44)34(23(2)3)42-37(45)46-4/h10-17,19-23,32,34H,5-9,18H2,1-4H3,(H,38,40)(H,39,41)(H,42,45)/t32-,34-/m0/s1. The number of hydrogen-bond donors (Lipinski definition) is 3. The Bertz CT molecular complexity index is 1820. The molecule has 3 aromatic carbocycles. The predicted octanol–water partition coefficient (Wildman–Crippen LogP) is 7.67. The molecule has 1 fully saturated rings. The fraction of sp³-hybridized carbons (Fsp3) is 0.351. The number of unbranched alkanes of at least 4 members (excludes halogenated alkanes) is 1. The van der Waals surface area contributed by atoms with Crippen LogP contribution in [0.4, 0.5) is 4.79 Å². The van der Waals surface area contributed by atoms with Crippen LogP contribution in [0.25, 0.3) is 44.4 Å². The molecule has 9 nitrogen and oxygen atoms in total. The van der Waals surface area contributed by atoms with Crippen LogP contribution in [0, 0.1) is 5.92 Å². The summed E-state index contributed by atoms with van der Waals surface area (Å²) < 4.78 is 4.75. The number of benzene rings is 3. The van der Waals surface area contributed by atoms with Gasteiger partial charge >= 0.3 is 6.09 Å². The largest absolute Gasteiger partial charge is 0.453 e. The quantitative estimate of drug-likeness (QED) is 0.149. The number of ether oxygens (including phenoxy) is 1. The Morgan fingerprint density at radius 2 is 1.57 bits per heavy atom. The molecular weight excluding hydrogens is 576 g/mol. The van der Waals surface area contributed by atoms with E-state index in [2.05, 4.69) is 87.9 Å². The van der Waals surface area contributed by atoms with Gasteiger partial charge in [-0.3, -0.25) is 4.79 Å². The van der Waals surface area contributed by atoms with Crippen LogP contribution in [0.2, 0.25) is 0 Å². The fourth-order valence-electron chi connectivity index (χ4n) is 6.26. The number of aryl methyl sites for hydroxylation is 1. The molecule has 0 unspecified atom stereocenters. The molecule has 238 valence electrons. The monoisotopic (exact) mass is 618 g/mol. The van der Waals surface area contributed by atoms with Crippen molar-refractivity contribution in [2.75, 3.05) is 13.7 Å². The van der Waals surface area contributed by atoms with E-state index in [9.17, 15) is 9.59 Å². The number of alkyl carbamates (subject to hydrolysis) is 1. The highest BCUT2D eigenvalue weighted by atomic mass is 16.5. The van der Waals surface area contributed by atoms with Crippen LogP contribution in [-0.2, 0) is 16.0 Å². The third-order valence-corrected chi connectivity index (χ3v) is 8.91. The summed E-state index contributed by atoms with van der Waals surface area (Å²) in [6.07, 6.45) is 8.11. The molecule has 1 aliphatic rings. The van der Waals surface area contributed by atoms with Crippen molar-refractivity contribution in [2.45, 2.75) is 65.0 Å². The van der Waals surface area contributed by atoms with Gasteiger partial charge in [0, 0.05) is 18.5 Å². The number of methoxy groups -OCH3 is 1. The van der Waals surface area contributed by atoms with Crippen molar-refractivity contribution >= 4 is 22.8 Å². The zero-order valence-corrected chi connectivity index (χ0v) is 27.0. The van der Waals surface area contributed by atoms with Crippen LogP contribution < -0.4 is 5.32 Å². The Kier molecular flexibility index (Phi) is 9.19. The van der Waals surface area contributed by atoms with Gasteiger partial charge in [0.1, 0.15) is 17.7 Å². The van der Waals surface area contributed by atoms with Crippen LogP contribution in [-0.4, -0.2) is 56.5 Å². The zero-order chi connectivity index (χ0) is 32.2. The maximum Gasteiger partial charge on any atom is 0.407 e. The number of nitrogens with zero attached hydrogens (tertiary/aromatic N) is 3. The van der Waals surface area contributed by atoms with E-state index in [1.165, 1.54) is 7.11 Å². The van der Waals surface area contributed by atoms with E-state index in [-0.39, 0.29) is 17.9 Å². The van der Waals surface area contributed by atoms with Crippen molar-refractivity contribution in [3.05, 3.63) is 84.7 Å². The summed E-state index contributed by atoms with van der Waals surface area (Å²) in [7, 11) is 1.30. The number of imidazole rings is 2. The molecular formula is C37H42N6O3. The van der Waals surface area contributed by atoms with E-state index < -0.39 is 12.1 Å². The molecule has 3 N–H and O–H groups in total. The smallest absolute Gasteiger partial charge is 0.407 e. The number of fused-ring (bicyclic) bond motifs is 1. The van der Waals surface area contributed by atoms with Crippen LogP contribution in [0.15, 0.2) is 73.1 Å². The van der Waals surface area contributed by atoms with E-state index in [1.807, 2.05) is 31.1 Å². The molecule has 0 aliphatic carbocycles. The lowest BCUT2D eigenvalue weighted by Crippen LogP contribution is -2.51. The summed E-state index contributed by atoms with van der Waals surface area (Å²) in [5, 5.41) is 5.00. The average molecular weight is 619 g/mol. The number of carbonyl (C=O) groups is 2. The van der Waals surface area contributed by atoms with Crippen molar-refractivity contribution in [3.63, 3.8) is 0 Å². The molecule has 0 bridgehead atoms. The maximum absolute atomic E-state index is 13.5. The molecule has 0 saturated carbocycles. The van der Waals surface area contributed by atoms with Crippen LogP contribution in [0.3, 0.4) is 0 Å². The van der Waals surface area contributed by atoms with Crippen molar-refractivity contribution in [1.82, 2.24) is 30.2 Å². The number of aromatic amines is 2. The molecule has 1 aliphatic heterocycles. The SMILES string of the molecule is CCCCc1ncc(-c2ccc(-c3ccc4cc(-c5cnc([C@@H]6CCCN6C(=O)[C@@H](NC(=O)OC)C(C)C)[nH]5)ccc4c3)cc2)[nH]1. The molecule has 0 spiro atoms. The van der Waals surface area contributed by atoms with Crippen molar-refractivity contribution in [1.29, 1.82) is 0 Å². The third-order valence-electron chi connectivity index (χ3n) is 8.91. The van der Waals surface area contributed by atoms with Crippen molar-refractivity contribution < 1.29 is 14.3 Å². The molecule has 3 heterocycles.